The zero-order chi connectivity index (χ0) is 29.9. The molecular weight excluding hydrogens is 556 g/mol. The standard InChI is InChI=1S/C31H26F8O2/c1-2-3-17-4-6-18(7-5-17)19-8-9-22(24(32)12-19)20-13-27(35)29(28(36)14-20)30(40)41-21-15-25(33)23(26(34)16-21)10-11-31(37,38)39/h8-18H,2-7H2,1H3/b11-10+. The van der Waals surface area contributed by atoms with Crippen LogP contribution in [0.5, 0.6) is 5.75 Å². The van der Waals surface area contributed by atoms with Crippen LogP contribution in [0.3, 0.4) is 0 Å². The number of alkyl halides is 3. The minimum atomic E-state index is -4.83. The molecule has 3 aromatic rings. The first-order valence-electron chi connectivity index (χ1n) is 13.1. The van der Waals surface area contributed by atoms with Gasteiger partial charge in [0.25, 0.3) is 0 Å². The van der Waals surface area contributed by atoms with Crippen molar-refractivity contribution in [3.8, 4) is 16.9 Å². The Morgan fingerprint density at radius 2 is 1.46 bits per heavy atom. The van der Waals surface area contributed by atoms with Crippen LogP contribution < -0.4 is 4.74 Å². The van der Waals surface area contributed by atoms with Gasteiger partial charge in [-0.15, -0.1) is 0 Å². The minimum absolute atomic E-state index is 0.0854. The number of benzene rings is 3. The van der Waals surface area contributed by atoms with Crippen LogP contribution in [0.25, 0.3) is 17.2 Å². The fourth-order valence-electron chi connectivity index (χ4n) is 5.25. The van der Waals surface area contributed by atoms with Crippen LogP contribution in [0.15, 0.2) is 48.5 Å². The van der Waals surface area contributed by atoms with Gasteiger partial charge in [-0.05, 0) is 72.9 Å². The van der Waals surface area contributed by atoms with E-state index in [1.54, 1.807) is 6.07 Å². The molecule has 1 saturated carbocycles. The third kappa shape index (κ3) is 7.34. The van der Waals surface area contributed by atoms with Crippen LogP contribution in [0.2, 0.25) is 0 Å². The molecule has 4 rings (SSSR count). The third-order valence-corrected chi connectivity index (χ3v) is 7.27. The van der Waals surface area contributed by atoms with Crippen molar-refractivity contribution in [2.24, 2.45) is 5.92 Å². The van der Waals surface area contributed by atoms with E-state index in [2.05, 4.69) is 11.7 Å². The number of allylic oxidation sites excluding steroid dienone is 1. The first-order valence-corrected chi connectivity index (χ1v) is 13.1. The second-order valence-electron chi connectivity index (χ2n) is 10.1. The van der Waals surface area contributed by atoms with Crippen molar-refractivity contribution < 1.29 is 44.7 Å². The Balaban J connectivity index is 1.51. The number of hydrogen-bond acceptors (Lipinski definition) is 2. The molecule has 0 unspecified atom stereocenters. The van der Waals surface area contributed by atoms with Crippen molar-refractivity contribution in [1.29, 1.82) is 0 Å². The molecule has 0 spiro atoms. The largest absolute Gasteiger partial charge is 0.423 e. The Morgan fingerprint density at radius 1 is 0.854 bits per heavy atom. The summed E-state index contributed by atoms with van der Waals surface area (Å²) in [7, 11) is 0. The molecule has 0 heterocycles. The third-order valence-electron chi connectivity index (χ3n) is 7.27. The Labute approximate surface area is 231 Å². The number of esters is 1. The van der Waals surface area contributed by atoms with Crippen LogP contribution in [0.4, 0.5) is 35.1 Å². The monoisotopic (exact) mass is 582 g/mol. The molecular formula is C31H26F8O2. The van der Waals surface area contributed by atoms with Crippen LogP contribution in [-0.2, 0) is 0 Å². The highest BCUT2D eigenvalue weighted by atomic mass is 19.4. The van der Waals surface area contributed by atoms with Gasteiger partial charge in [-0.2, -0.15) is 13.2 Å². The second kappa shape index (κ2) is 12.4. The van der Waals surface area contributed by atoms with Gasteiger partial charge in [0.15, 0.2) is 0 Å². The molecule has 0 bridgehead atoms. The summed E-state index contributed by atoms with van der Waals surface area (Å²) in [5.74, 6) is -8.12. The van der Waals surface area contributed by atoms with E-state index in [9.17, 15) is 35.5 Å². The second-order valence-corrected chi connectivity index (χ2v) is 10.1. The van der Waals surface area contributed by atoms with Crippen LogP contribution in [0, 0.1) is 35.0 Å². The molecule has 1 aliphatic carbocycles. The summed E-state index contributed by atoms with van der Waals surface area (Å²) < 4.78 is 115. The molecule has 218 valence electrons. The van der Waals surface area contributed by atoms with E-state index >= 15 is 4.39 Å². The molecule has 0 N–H and O–H groups in total. The lowest BCUT2D eigenvalue weighted by Gasteiger charge is -2.28. The molecule has 0 atom stereocenters. The normalized spacial score (nSPS) is 17.7. The van der Waals surface area contributed by atoms with Crippen molar-refractivity contribution in [3.05, 3.63) is 94.3 Å². The molecule has 0 amide bonds. The molecule has 41 heavy (non-hydrogen) atoms. The van der Waals surface area contributed by atoms with Gasteiger partial charge in [-0.3, -0.25) is 0 Å². The average Bonchev–Trinajstić information content (AvgIpc) is 2.87. The summed E-state index contributed by atoms with van der Waals surface area (Å²) in [5, 5.41) is 0. The lowest BCUT2D eigenvalue weighted by Crippen LogP contribution is -2.14. The number of carbonyl (C=O) groups is 1. The predicted molar refractivity (Wildman–Crippen MR) is 138 cm³/mol. The zero-order valence-electron chi connectivity index (χ0n) is 21.9. The van der Waals surface area contributed by atoms with Crippen LogP contribution >= 0.6 is 0 Å². The van der Waals surface area contributed by atoms with Gasteiger partial charge in [0.05, 0.1) is 0 Å². The first kappa shape index (κ1) is 30.3. The highest BCUT2D eigenvalue weighted by Crippen LogP contribution is 2.39. The number of halogens is 8. The van der Waals surface area contributed by atoms with E-state index < -0.39 is 58.1 Å². The van der Waals surface area contributed by atoms with E-state index in [0.717, 1.165) is 49.8 Å². The molecule has 0 aromatic heterocycles. The van der Waals surface area contributed by atoms with Crippen LogP contribution in [-0.4, -0.2) is 12.1 Å². The molecule has 1 fully saturated rings. The molecule has 1 aliphatic rings. The van der Waals surface area contributed by atoms with Gasteiger partial charge < -0.3 is 4.74 Å². The number of ether oxygens (including phenoxy) is 1. The highest BCUT2D eigenvalue weighted by molar-refractivity contribution is 5.92. The predicted octanol–water partition coefficient (Wildman–Crippen LogP) is 9.92. The van der Waals surface area contributed by atoms with Gasteiger partial charge in [0, 0.05) is 29.3 Å². The van der Waals surface area contributed by atoms with E-state index in [4.69, 9.17) is 0 Å². The van der Waals surface area contributed by atoms with Gasteiger partial charge in [-0.1, -0.05) is 31.9 Å². The van der Waals surface area contributed by atoms with E-state index in [-0.39, 0.29) is 29.2 Å². The van der Waals surface area contributed by atoms with E-state index in [1.165, 1.54) is 18.6 Å². The maximum absolute atomic E-state index is 15.1. The summed E-state index contributed by atoms with van der Waals surface area (Å²) in [6.07, 6.45) is 1.23. The van der Waals surface area contributed by atoms with Crippen molar-refractivity contribution in [1.82, 2.24) is 0 Å². The SMILES string of the molecule is CCCC1CCC(c2ccc(-c3cc(F)c(C(=O)Oc4cc(F)c(/C=C/C(F)(F)F)c(F)c4)c(F)c3)c(F)c2)CC1. The minimum Gasteiger partial charge on any atom is -0.423 e. The highest BCUT2D eigenvalue weighted by Gasteiger charge is 2.26. The van der Waals surface area contributed by atoms with Crippen molar-refractivity contribution in [2.75, 3.05) is 0 Å². The molecule has 10 heteroatoms. The Kier molecular flexibility index (Phi) is 9.19. The average molecular weight is 583 g/mol. The molecule has 0 aliphatic heterocycles. The lowest BCUT2D eigenvalue weighted by atomic mass is 9.77. The van der Waals surface area contributed by atoms with E-state index in [1.807, 2.05) is 0 Å². The zero-order valence-corrected chi connectivity index (χ0v) is 21.9. The summed E-state index contributed by atoms with van der Waals surface area (Å²) in [5.41, 5.74) is -1.71. The van der Waals surface area contributed by atoms with Crippen LogP contribution in [0.1, 0.15) is 72.9 Å². The van der Waals surface area contributed by atoms with Crippen molar-refractivity contribution >= 4 is 12.0 Å². The van der Waals surface area contributed by atoms with Crippen molar-refractivity contribution in [2.45, 2.75) is 57.5 Å². The smallest absolute Gasteiger partial charge is 0.409 e. The lowest BCUT2D eigenvalue weighted by molar-refractivity contribution is -0.0790. The Bertz CT molecular complexity index is 1410. The Morgan fingerprint density at radius 3 is 2.00 bits per heavy atom. The quantitative estimate of drug-likeness (QED) is 0.157. The maximum Gasteiger partial charge on any atom is 0.409 e. The molecule has 2 nitrogen and oxygen atoms in total. The fourth-order valence-corrected chi connectivity index (χ4v) is 5.25. The van der Waals surface area contributed by atoms with Gasteiger partial charge >= 0.3 is 12.1 Å². The summed E-state index contributed by atoms with van der Waals surface area (Å²) in [6, 6.07) is 6.77. The summed E-state index contributed by atoms with van der Waals surface area (Å²) >= 11 is 0. The fraction of sp³-hybridized carbons (Fsp3) is 0.323. The van der Waals surface area contributed by atoms with Gasteiger partial charge in [-0.25, -0.2) is 26.7 Å². The van der Waals surface area contributed by atoms with Gasteiger partial charge in [0.2, 0.25) is 0 Å². The van der Waals surface area contributed by atoms with Crippen molar-refractivity contribution in [3.63, 3.8) is 0 Å². The number of carbonyl (C=O) groups excluding carboxylic acids is 1. The molecule has 0 saturated heterocycles. The first-order chi connectivity index (χ1) is 19.4. The molecule has 3 aromatic carbocycles. The topological polar surface area (TPSA) is 26.3 Å². The number of hydrogen-bond donors (Lipinski definition) is 0. The maximum atomic E-state index is 15.1. The Hall–Kier alpha value is -3.69. The summed E-state index contributed by atoms with van der Waals surface area (Å²) in [6.45, 7) is 2.15. The molecule has 0 radical (unpaired) electrons. The van der Waals surface area contributed by atoms with E-state index in [0.29, 0.717) is 18.1 Å². The van der Waals surface area contributed by atoms with Gasteiger partial charge in [0.1, 0.15) is 40.4 Å². The summed E-state index contributed by atoms with van der Waals surface area (Å²) in [4.78, 5) is 12.4. The number of rotatable bonds is 7.